The van der Waals surface area contributed by atoms with Gasteiger partial charge in [0.2, 0.25) is 0 Å². The first-order valence-corrected chi connectivity index (χ1v) is 6.88. The van der Waals surface area contributed by atoms with Crippen LogP contribution in [0.3, 0.4) is 0 Å². The Morgan fingerprint density at radius 2 is 1.82 bits per heavy atom. The Hall–Kier alpha value is -1.66. The van der Waals surface area contributed by atoms with E-state index < -0.39 is 5.54 Å². The Morgan fingerprint density at radius 3 is 2.32 bits per heavy atom. The molecule has 0 aliphatic carbocycles. The molecule has 0 unspecified atom stereocenters. The zero-order chi connectivity index (χ0) is 15.5. The normalized spacial score (nSPS) is 16.5. The van der Waals surface area contributed by atoms with Gasteiger partial charge in [-0.15, -0.1) is 12.4 Å². The number of methoxy groups -OCH3 is 3. The molecule has 1 aliphatic heterocycles. The van der Waals surface area contributed by atoms with Crippen LogP contribution in [-0.2, 0) is 9.53 Å². The SMILES string of the molecule is COC(=O)C1(N)CCN(c2ccc(OC)cc2OC)CC1.Cl. The highest BCUT2D eigenvalue weighted by Crippen LogP contribution is 2.35. The van der Waals surface area contributed by atoms with E-state index >= 15 is 0 Å². The number of carbonyl (C=O) groups excluding carboxylic acids is 1. The number of nitrogens with two attached hydrogens (primary N) is 1. The molecule has 124 valence electrons. The monoisotopic (exact) mass is 330 g/mol. The number of piperidine rings is 1. The van der Waals surface area contributed by atoms with Crippen LogP contribution >= 0.6 is 12.4 Å². The van der Waals surface area contributed by atoms with Crippen molar-refractivity contribution in [2.45, 2.75) is 18.4 Å². The summed E-state index contributed by atoms with van der Waals surface area (Å²) in [4.78, 5) is 13.9. The molecule has 0 spiro atoms. The van der Waals surface area contributed by atoms with Gasteiger partial charge >= 0.3 is 5.97 Å². The van der Waals surface area contributed by atoms with E-state index in [1.165, 1.54) is 7.11 Å². The lowest BCUT2D eigenvalue weighted by Crippen LogP contribution is -2.56. The molecule has 2 N–H and O–H groups in total. The van der Waals surface area contributed by atoms with Crippen LogP contribution in [0.25, 0.3) is 0 Å². The molecule has 22 heavy (non-hydrogen) atoms. The zero-order valence-corrected chi connectivity index (χ0v) is 13.9. The first-order chi connectivity index (χ1) is 10.0. The summed E-state index contributed by atoms with van der Waals surface area (Å²) in [5, 5.41) is 0. The van der Waals surface area contributed by atoms with Crippen molar-refractivity contribution in [3.8, 4) is 11.5 Å². The maximum atomic E-state index is 11.7. The highest BCUT2D eigenvalue weighted by Gasteiger charge is 2.39. The third-order valence-corrected chi connectivity index (χ3v) is 3.98. The van der Waals surface area contributed by atoms with Crippen molar-refractivity contribution in [3.63, 3.8) is 0 Å². The van der Waals surface area contributed by atoms with E-state index in [-0.39, 0.29) is 18.4 Å². The molecule has 1 aromatic rings. The molecule has 0 radical (unpaired) electrons. The number of nitrogens with zero attached hydrogens (tertiary/aromatic N) is 1. The summed E-state index contributed by atoms with van der Waals surface area (Å²) >= 11 is 0. The molecule has 0 bridgehead atoms. The molecule has 6 nitrogen and oxygen atoms in total. The van der Waals surface area contributed by atoms with Gasteiger partial charge in [-0.2, -0.15) is 0 Å². The van der Waals surface area contributed by atoms with Crippen LogP contribution in [0.15, 0.2) is 18.2 Å². The lowest BCUT2D eigenvalue weighted by atomic mass is 9.88. The van der Waals surface area contributed by atoms with Crippen molar-refractivity contribution < 1.29 is 19.0 Å². The standard InChI is InChI=1S/C15H22N2O4.ClH/c1-19-11-4-5-12(13(10-11)20-2)17-8-6-15(16,7-9-17)14(18)21-3;/h4-5,10H,6-9,16H2,1-3H3;1H. The number of hydrogen-bond acceptors (Lipinski definition) is 6. The number of anilines is 1. The van der Waals surface area contributed by atoms with E-state index in [9.17, 15) is 4.79 Å². The molecule has 1 heterocycles. The number of halogens is 1. The van der Waals surface area contributed by atoms with E-state index in [1.54, 1.807) is 14.2 Å². The van der Waals surface area contributed by atoms with Crippen LogP contribution in [0, 0.1) is 0 Å². The molecule has 7 heteroatoms. The molecule has 1 saturated heterocycles. The van der Waals surface area contributed by atoms with Crippen LogP contribution in [0.2, 0.25) is 0 Å². The molecule has 2 rings (SSSR count). The second-order valence-corrected chi connectivity index (χ2v) is 5.17. The fourth-order valence-electron chi connectivity index (χ4n) is 2.60. The summed E-state index contributed by atoms with van der Waals surface area (Å²) in [5.41, 5.74) is 6.21. The van der Waals surface area contributed by atoms with Crippen LogP contribution in [0.5, 0.6) is 11.5 Å². The van der Waals surface area contributed by atoms with E-state index in [0.29, 0.717) is 25.9 Å². The number of benzene rings is 1. The fraction of sp³-hybridized carbons (Fsp3) is 0.533. The predicted molar refractivity (Wildman–Crippen MR) is 87.2 cm³/mol. The van der Waals surface area contributed by atoms with Gasteiger partial charge in [-0.3, -0.25) is 4.79 Å². The Morgan fingerprint density at radius 1 is 1.18 bits per heavy atom. The van der Waals surface area contributed by atoms with E-state index in [0.717, 1.165) is 17.2 Å². The van der Waals surface area contributed by atoms with Crippen molar-refractivity contribution in [2.24, 2.45) is 5.73 Å². The maximum absolute atomic E-state index is 11.7. The molecule has 0 aromatic heterocycles. The second kappa shape index (κ2) is 7.56. The van der Waals surface area contributed by atoms with Gasteiger partial charge < -0.3 is 24.8 Å². The molecule has 0 atom stereocenters. The minimum atomic E-state index is -0.884. The molecular formula is C15H23ClN2O4. The lowest BCUT2D eigenvalue weighted by molar-refractivity contribution is -0.147. The number of rotatable bonds is 4. The average molecular weight is 331 g/mol. The zero-order valence-electron chi connectivity index (χ0n) is 13.1. The summed E-state index contributed by atoms with van der Waals surface area (Å²) in [6.07, 6.45) is 1.10. The van der Waals surface area contributed by atoms with E-state index in [1.807, 2.05) is 18.2 Å². The highest BCUT2D eigenvalue weighted by atomic mass is 35.5. The van der Waals surface area contributed by atoms with Gasteiger partial charge in [0.25, 0.3) is 0 Å². The Labute approximate surface area is 136 Å². The summed E-state index contributed by atoms with van der Waals surface area (Å²) < 4.78 is 15.4. The molecule has 1 aliphatic rings. The largest absolute Gasteiger partial charge is 0.497 e. The van der Waals surface area contributed by atoms with Crippen LogP contribution < -0.4 is 20.1 Å². The molecule has 0 amide bonds. The second-order valence-electron chi connectivity index (χ2n) is 5.17. The topological polar surface area (TPSA) is 74.0 Å². The molecule has 1 aromatic carbocycles. The Balaban J connectivity index is 0.00000242. The minimum Gasteiger partial charge on any atom is -0.497 e. The van der Waals surface area contributed by atoms with Gasteiger partial charge in [-0.1, -0.05) is 0 Å². The summed E-state index contributed by atoms with van der Waals surface area (Å²) in [6, 6.07) is 5.70. The quantitative estimate of drug-likeness (QED) is 0.845. The number of hydrogen-bond donors (Lipinski definition) is 1. The number of esters is 1. The molecular weight excluding hydrogens is 308 g/mol. The fourth-order valence-corrected chi connectivity index (χ4v) is 2.60. The summed E-state index contributed by atoms with van der Waals surface area (Å²) in [5.74, 6) is 1.15. The molecule has 0 saturated carbocycles. The molecule has 1 fully saturated rings. The summed E-state index contributed by atoms with van der Waals surface area (Å²) in [7, 11) is 4.62. The van der Waals surface area contributed by atoms with Crippen molar-refractivity contribution >= 4 is 24.1 Å². The van der Waals surface area contributed by atoms with E-state index in [2.05, 4.69) is 4.90 Å². The third-order valence-electron chi connectivity index (χ3n) is 3.98. The van der Waals surface area contributed by atoms with Crippen molar-refractivity contribution in [1.82, 2.24) is 0 Å². The van der Waals surface area contributed by atoms with Gasteiger partial charge in [0.1, 0.15) is 17.0 Å². The summed E-state index contributed by atoms with van der Waals surface area (Å²) in [6.45, 7) is 1.35. The maximum Gasteiger partial charge on any atom is 0.325 e. The number of carbonyl (C=O) groups is 1. The van der Waals surface area contributed by atoms with Gasteiger partial charge in [0.15, 0.2) is 0 Å². The van der Waals surface area contributed by atoms with Gasteiger partial charge in [0, 0.05) is 19.2 Å². The van der Waals surface area contributed by atoms with Crippen LogP contribution in [-0.4, -0.2) is 45.9 Å². The Kier molecular flexibility index (Phi) is 6.32. The minimum absolute atomic E-state index is 0. The van der Waals surface area contributed by atoms with Gasteiger partial charge in [-0.05, 0) is 25.0 Å². The van der Waals surface area contributed by atoms with Crippen LogP contribution in [0.1, 0.15) is 12.8 Å². The van der Waals surface area contributed by atoms with Crippen molar-refractivity contribution in [1.29, 1.82) is 0 Å². The first-order valence-electron chi connectivity index (χ1n) is 6.88. The predicted octanol–water partition coefficient (Wildman–Crippen LogP) is 1.60. The lowest BCUT2D eigenvalue weighted by Gasteiger charge is -2.38. The first kappa shape index (κ1) is 18.4. The third kappa shape index (κ3) is 3.56. The Bertz CT molecular complexity index is 516. The number of ether oxygens (including phenoxy) is 3. The van der Waals surface area contributed by atoms with Crippen LogP contribution in [0.4, 0.5) is 5.69 Å². The average Bonchev–Trinajstić information content (AvgIpc) is 2.54. The van der Waals surface area contributed by atoms with Crippen molar-refractivity contribution in [2.75, 3.05) is 39.3 Å². The van der Waals surface area contributed by atoms with Crippen molar-refractivity contribution in [3.05, 3.63) is 18.2 Å². The van der Waals surface area contributed by atoms with E-state index in [4.69, 9.17) is 19.9 Å². The highest BCUT2D eigenvalue weighted by molar-refractivity contribution is 5.85. The van der Waals surface area contributed by atoms with Gasteiger partial charge in [-0.25, -0.2) is 0 Å². The smallest absolute Gasteiger partial charge is 0.325 e. The van der Waals surface area contributed by atoms with Gasteiger partial charge in [0.05, 0.1) is 27.0 Å².